The first-order valence-corrected chi connectivity index (χ1v) is 9.88. The van der Waals surface area contributed by atoms with Gasteiger partial charge in [-0.05, 0) is 41.7 Å². The summed E-state index contributed by atoms with van der Waals surface area (Å²) in [6, 6.07) is 16.8. The highest BCUT2D eigenvalue weighted by molar-refractivity contribution is 6.30. The second-order valence-corrected chi connectivity index (χ2v) is 8.65. The fourth-order valence-electron chi connectivity index (χ4n) is 4.03. The Balaban J connectivity index is 1.78. The summed E-state index contributed by atoms with van der Waals surface area (Å²) in [6.07, 6.45) is 0.169. The number of hydrogen-bond acceptors (Lipinski definition) is 5. The minimum absolute atomic E-state index is 0.105. The van der Waals surface area contributed by atoms with E-state index in [0.29, 0.717) is 23.6 Å². The molecule has 0 saturated heterocycles. The van der Waals surface area contributed by atoms with Crippen molar-refractivity contribution in [1.29, 1.82) is 0 Å². The van der Waals surface area contributed by atoms with Crippen LogP contribution in [-0.4, -0.2) is 16.9 Å². The molecule has 4 rings (SSSR count). The average molecular weight is 412 g/mol. The molecule has 7 heteroatoms. The molecular formula is C22H22ClN3O3. The van der Waals surface area contributed by atoms with E-state index in [1.165, 1.54) is 0 Å². The van der Waals surface area contributed by atoms with Crippen LogP contribution in [0.5, 0.6) is 0 Å². The lowest BCUT2D eigenvalue weighted by Crippen LogP contribution is -2.29. The van der Waals surface area contributed by atoms with Gasteiger partial charge in [0.15, 0.2) is 0 Å². The third-order valence-corrected chi connectivity index (χ3v) is 5.54. The molecule has 0 spiro atoms. The van der Waals surface area contributed by atoms with Gasteiger partial charge in [-0.25, -0.2) is 0 Å². The van der Waals surface area contributed by atoms with Crippen molar-refractivity contribution in [2.24, 2.45) is 10.5 Å². The number of hydrazone groups is 1. The molecule has 1 aliphatic carbocycles. The number of anilines is 1. The molecule has 2 atom stereocenters. The molecule has 0 aromatic heterocycles. The van der Waals surface area contributed by atoms with Crippen LogP contribution in [-0.2, 0) is 4.74 Å². The zero-order valence-corrected chi connectivity index (χ0v) is 17.0. The van der Waals surface area contributed by atoms with E-state index >= 15 is 0 Å². The first-order chi connectivity index (χ1) is 13.8. The Kier molecular flexibility index (Phi) is 5.04. The number of nitro groups is 1. The lowest BCUT2D eigenvalue weighted by molar-refractivity contribution is -0.570. The molecule has 1 aliphatic heterocycles. The lowest BCUT2D eigenvalue weighted by atomic mass is 9.73. The van der Waals surface area contributed by atoms with E-state index in [4.69, 9.17) is 16.3 Å². The third-order valence-electron chi connectivity index (χ3n) is 5.29. The van der Waals surface area contributed by atoms with Gasteiger partial charge in [-0.3, -0.25) is 15.5 Å². The van der Waals surface area contributed by atoms with Gasteiger partial charge in [0.25, 0.3) is 0 Å². The van der Waals surface area contributed by atoms with Crippen LogP contribution in [0, 0.1) is 15.5 Å². The monoisotopic (exact) mass is 411 g/mol. The van der Waals surface area contributed by atoms with Crippen molar-refractivity contribution in [2.75, 3.05) is 5.43 Å². The molecule has 0 fully saturated rings. The van der Waals surface area contributed by atoms with Crippen molar-refractivity contribution in [3.8, 4) is 0 Å². The van der Waals surface area contributed by atoms with Crippen molar-refractivity contribution in [3.05, 3.63) is 86.6 Å². The molecule has 1 heterocycles. The Morgan fingerprint density at radius 3 is 2.48 bits per heavy atom. The van der Waals surface area contributed by atoms with Crippen LogP contribution < -0.4 is 5.43 Å². The van der Waals surface area contributed by atoms with Crippen molar-refractivity contribution >= 4 is 23.0 Å². The number of nitrogens with zero attached hydrogens (tertiary/aromatic N) is 2. The molecule has 1 N–H and O–H groups in total. The molecule has 0 amide bonds. The molecule has 0 bridgehead atoms. The van der Waals surface area contributed by atoms with Crippen molar-refractivity contribution < 1.29 is 9.66 Å². The van der Waals surface area contributed by atoms with E-state index in [-0.39, 0.29) is 10.3 Å². The number of nitrogens with one attached hydrogen (secondary N) is 1. The first kappa shape index (κ1) is 19.5. The van der Waals surface area contributed by atoms with Crippen LogP contribution in [0.15, 0.2) is 71.0 Å². The van der Waals surface area contributed by atoms with Crippen LogP contribution >= 0.6 is 11.6 Å². The summed E-state index contributed by atoms with van der Waals surface area (Å²) in [4.78, 5) is 11.5. The highest BCUT2D eigenvalue weighted by Gasteiger charge is 2.50. The largest absolute Gasteiger partial charge is 0.433 e. The van der Waals surface area contributed by atoms with Crippen LogP contribution in [0.25, 0.3) is 0 Å². The van der Waals surface area contributed by atoms with Crippen molar-refractivity contribution in [1.82, 2.24) is 0 Å². The molecule has 0 radical (unpaired) electrons. The molecule has 2 aliphatic rings. The molecular weight excluding hydrogens is 390 g/mol. The van der Waals surface area contributed by atoms with Gasteiger partial charge in [-0.1, -0.05) is 55.8 Å². The van der Waals surface area contributed by atoms with E-state index in [1.807, 2.05) is 42.5 Å². The fraction of sp³-hybridized carbons (Fsp3) is 0.318. The number of para-hydroxylation sites is 1. The summed E-state index contributed by atoms with van der Waals surface area (Å²) < 4.78 is 5.88. The molecule has 6 nitrogen and oxygen atoms in total. The minimum atomic E-state index is -1.17. The summed E-state index contributed by atoms with van der Waals surface area (Å²) in [6.45, 7) is 4.24. The highest BCUT2D eigenvalue weighted by Crippen LogP contribution is 2.49. The standard InChI is InChI=1S/C22H22ClN3O3/c1-22(2)12-17(25-24-16-6-4-3-5-7-16)20-18(13-22)29-21(26(27)28)19(20)14-8-10-15(23)11-9-14/h3-11,19,21,24H,12-13H2,1-2H3/b25-17+/t19-,21-/m0/s1. The van der Waals surface area contributed by atoms with Crippen molar-refractivity contribution in [3.63, 3.8) is 0 Å². The van der Waals surface area contributed by atoms with E-state index in [2.05, 4.69) is 24.4 Å². The Morgan fingerprint density at radius 1 is 1.14 bits per heavy atom. The predicted molar refractivity (Wildman–Crippen MR) is 114 cm³/mol. The van der Waals surface area contributed by atoms with Crippen LogP contribution in [0.1, 0.15) is 38.2 Å². The second kappa shape index (κ2) is 7.52. The van der Waals surface area contributed by atoms with E-state index < -0.39 is 12.1 Å². The summed E-state index contributed by atoms with van der Waals surface area (Å²) in [7, 11) is 0. The van der Waals surface area contributed by atoms with Gasteiger partial charge >= 0.3 is 6.23 Å². The van der Waals surface area contributed by atoms with Gasteiger partial charge < -0.3 is 4.74 Å². The van der Waals surface area contributed by atoms with E-state index in [1.54, 1.807) is 12.1 Å². The van der Waals surface area contributed by atoms with Crippen LogP contribution in [0.2, 0.25) is 5.02 Å². The number of benzene rings is 2. The topological polar surface area (TPSA) is 76.8 Å². The summed E-state index contributed by atoms with van der Waals surface area (Å²) >= 11 is 6.03. The van der Waals surface area contributed by atoms with E-state index in [0.717, 1.165) is 22.5 Å². The first-order valence-electron chi connectivity index (χ1n) is 9.51. The smallest absolute Gasteiger partial charge is 0.364 e. The SMILES string of the molecule is CC1(C)CC2=C(/C(=N/Nc3ccccc3)C1)[C@H](c1ccc(Cl)cc1)[C@@H]([N+](=O)[O-])O2. The molecule has 2 aromatic rings. The quantitative estimate of drug-likeness (QED) is 0.524. The summed E-state index contributed by atoms with van der Waals surface area (Å²) in [5.74, 6) is 0.140. The maximum Gasteiger partial charge on any atom is 0.364 e. The summed E-state index contributed by atoms with van der Waals surface area (Å²) in [5.41, 5.74) is 6.26. The fourth-order valence-corrected chi connectivity index (χ4v) is 4.15. The van der Waals surface area contributed by atoms with Crippen LogP contribution in [0.4, 0.5) is 5.69 Å². The van der Waals surface area contributed by atoms with E-state index in [9.17, 15) is 10.1 Å². The normalized spacial score (nSPS) is 24.2. The Bertz CT molecular complexity index is 984. The lowest BCUT2D eigenvalue weighted by Gasteiger charge is -2.31. The molecule has 29 heavy (non-hydrogen) atoms. The zero-order valence-electron chi connectivity index (χ0n) is 16.3. The maximum atomic E-state index is 11.8. The van der Waals surface area contributed by atoms with Gasteiger partial charge in [0.2, 0.25) is 0 Å². The van der Waals surface area contributed by atoms with Crippen LogP contribution in [0.3, 0.4) is 0 Å². The minimum Gasteiger partial charge on any atom is -0.433 e. The molecule has 2 aromatic carbocycles. The number of ether oxygens (including phenoxy) is 1. The van der Waals surface area contributed by atoms with Gasteiger partial charge in [0.05, 0.1) is 16.3 Å². The van der Waals surface area contributed by atoms with Gasteiger partial charge in [-0.15, -0.1) is 0 Å². The average Bonchev–Trinajstić information content (AvgIpc) is 3.06. The second-order valence-electron chi connectivity index (χ2n) is 8.21. The maximum absolute atomic E-state index is 11.8. The van der Waals surface area contributed by atoms with Gasteiger partial charge in [-0.2, -0.15) is 5.10 Å². The molecule has 0 saturated carbocycles. The summed E-state index contributed by atoms with van der Waals surface area (Å²) in [5, 5.41) is 17.1. The number of allylic oxidation sites excluding steroid dienone is 1. The Labute approximate surface area is 174 Å². The van der Waals surface area contributed by atoms with Gasteiger partial charge in [0.1, 0.15) is 11.7 Å². The Hall–Kier alpha value is -2.86. The van der Waals surface area contributed by atoms with Gasteiger partial charge in [0, 0.05) is 17.0 Å². The Morgan fingerprint density at radius 2 is 1.83 bits per heavy atom. The van der Waals surface area contributed by atoms with Crippen molar-refractivity contribution in [2.45, 2.75) is 38.8 Å². The highest BCUT2D eigenvalue weighted by atomic mass is 35.5. The predicted octanol–water partition coefficient (Wildman–Crippen LogP) is 5.60. The molecule has 150 valence electrons. The third kappa shape index (κ3) is 3.98. The number of rotatable bonds is 4. The number of halogens is 1. The number of hydrogen-bond donors (Lipinski definition) is 1. The zero-order chi connectivity index (χ0) is 20.6. The molecule has 0 unspecified atom stereocenters.